The summed E-state index contributed by atoms with van der Waals surface area (Å²) in [6, 6.07) is 5.56. The van der Waals surface area contributed by atoms with Gasteiger partial charge in [-0.15, -0.1) is 0 Å². The fourth-order valence-electron chi connectivity index (χ4n) is 1.01. The molecule has 62 valence electrons. The van der Waals surface area contributed by atoms with Crippen LogP contribution in [-0.4, -0.2) is 4.57 Å². The number of pyridine rings is 1. The number of nitriles is 1. The van der Waals surface area contributed by atoms with Crippen LogP contribution in [-0.2, 0) is 0 Å². The van der Waals surface area contributed by atoms with E-state index in [0.29, 0.717) is 11.1 Å². The van der Waals surface area contributed by atoms with Gasteiger partial charge in [0.25, 0.3) is 0 Å². The van der Waals surface area contributed by atoms with E-state index in [2.05, 4.69) is 0 Å². The smallest absolute Gasteiger partial charge is 0.124 e. The van der Waals surface area contributed by atoms with Crippen LogP contribution in [0.1, 0.15) is 25.5 Å². The Morgan fingerprint density at radius 1 is 1.50 bits per heavy atom. The normalized spacial score (nSPS) is 9.83. The van der Waals surface area contributed by atoms with Gasteiger partial charge in [0.05, 0.1) is 5.56 Å². The van der Waals surface area contributed by atoms with Crippen molar-refractivity contribution in [3.05, 3.63) is 29.4 Å². The first-order chi connectivity index (χ1) is 5.65. The highest BCUT2D eigenvalue weighted by Gasteiger charge is 1.98. The average Bonchev–Trinajstić information content (AvgIpc) is 2.05. The minimum absolute atomic E-state index is 0.228. The first-order valence-corrected chi connectivity index (χ1v) is 3.82. The van der Waals surface area contributed by atoms with Gasteiger partial charge < -0.3 is 4.57 Å². The van der Waals surface area contributed by atoms with Crippen molar-refractivity contribution < 1.29 is 0 Å². The Hall–Kier alpha value is -1.56. The van der Waals surface area contributed by atoms with Gasteiger partial charge in [-0.2, -0.15) is 5.26 Å². The molecule has 0 aliphatic heterocycles. The molecule has 3 heteroatoms. The second-order valence-electron chi connectivity index (χ2n) is 2.92. The van der Waals surface area contributed by atoms with Crippen molar-refractivity contribution in [2.24, 2.45) is 0 Å². The molecule has 0 aliphatic carbocycles. The largest absolute Gasteiger partial charge is 0.330 e. The van der Waals surface area contributed by atoms with Crippen LogP contribution < -0.4 is 5.49 Å². The highest BCUT2D eigenvalue weighted by molar-refractivity contribution is 5.24. The quantitative estimate of drug-likeness (QED) is 0.665. The predicted molar refractivity (Wildman–Crippen MR) is 45.4 cm³/mol. The van der Waals surface area contributed by atoms with Crippen molar-refractivity contribution in [3.8, 4) is 6.07 Å². The van der Waals surface area contributed by atoms with Crippen molar-refractivity contribution in [3.63, 3.8) is 0 Å². The predicted octanol–water partition coefficient (Wildman–Crippen LogP) is 1.42. The number of nitrogens with zero attached hydrogens (tertiary/aromatic N) is 2. The molecule has 0 fully saturated rings. The van der Waals surface area contributed by atoms with Crippen molar-refractivity contribution in [2.75, 3.05) is 0 Å². The van der Waals surface area contributed by atoms with Gasteiger partial charge in [-0.3, -0.25) is 5.41 Å². The van der Waals surface area contributed by atoms with Gasteiger partial charge in [0.1, 0.15) is 11.6 Å². The molecule has 1 aromatic heterocycles. The third-order valence-corrected chi connectivity index (χ3v) is 1.66. The number of hydrogen-bond acceptors (Lipinski definition) is 2. The summed E-state index contributed by atoms with van der Waals surface area (Å²) in [5.74, 6) is 0. The lowest BCUT2D eigenvalue weighted by Crippen LogP contribution is -2.20. The highest BCUT2D eigenvalue weighted by Crippen LogP contribution is 2.01. The lowest BCUT2D eigenvalue weighted by Gasteiger charge is -2.10. The van der Waals surface area contributed by atoms with Gasteiger partial charge in [-0.05, 0) is 26.0 Å². The van der Waals surface area contributed by atoms with E-state index >= 15 is 0 Å². The number of rotatable bonds is 1. The molecule has 0 aromatic carbocycles. The second-order valence-corrected chi connectivity index (χ2v) is 2.92. The topological polar surface area (TPSA) is 52.6 Å². The minimum Gasteiger partial charge on any atom is -0.330 e. The van der Waals surface area contributed by atoms with E-state index in [0.717, 1.165) is 0 Å². The van der Waals surface area contributed by atoms with Crippen LogP contribution in [0, 0.1) is 16.7 Å². The molecular formula is C9H11N3. The summed E-state index contributed by atoms with van der Waals surface area (Å²) in [7, 11) is 0. The van der Waals surface area contributed by atoms with E-state index < -0.39 is 0 Å². The Bertz CT molecular complexity index is 368. The van der Waals surface area contributed by atoms with Crippen LogP contribution in [0.5, 0.6) is 0 Å². The van der Waals surface area contributed by atoms with Gasteiger partial charge in [-0.25, -0.2) is 0 Å². The number of hydrogen-bond donors (Lipinski definition) is 1. The third-order valence-electron chi connectivity index (χ3n) is 1.66. The Morgan fingerprint density at radius 3 is 2.67 bits per heavy atom. The zero-order valence-corrected chi connectivity index (χ0v) is 7.20. The second kappa shape index (κ2) is 3.22. The highest BCUT2D eigenvalue weighted by atomic mass is 15.0. The third kappa shape index (κ3) is 1.54. The van der Waals surface area contributed by atoms with Gasteiger partial charge in [0.15, 0.2) is 0 Å². The monoisotopic (exact) mass is 161 g/mol. The summed E-state index contributed by atoms with van der Waals surface area (Å²) in [5, 5.41) is 16.1. The van der Waals surface area contributed by atoms with Crippen molar-refractivity contribution in [1.29, 1.82) is 10.7 Å². The molecule has 1 aromatic rings. The molecule has 0 bridgehead atoms. The molecule has 0 amide bonds. The zero-order valence-electron chi connectivity index (χ0n) is 7.20. The summed E-state index contributed by atoms with van der Waals surface area (Å²) < 4.78 is 1.76. The van der Waals surface area contributed by atoms with E-state index in [1.165, 1.54) is 0 Å². The Kier molecular flexibility index (Phi) is 2.29. The Morgan fingerprint density at radius 2 is 2.17 bits per heavy atom. The summed E-state index contributed by atoms with van der Waals surface area (Å²) in [5.41, 5.74) is 1.03. The number of nitrogens with one attached hydrogen (secondary N) is 1. The van der Waals surface area contributed by atoms with Crippen LogP contribution in [0.4, 0.5) is 0 Å². The standard InChI is InChI=1S/C9H11N3/c1-7(2)12-6-8(5-10)3-4-9(12)11/h3-4,6-7,11H,1-2H3. The van der Waals surface area contributed by atoms with Crippen molar-refractivity contribution in [1.82, 2.24) is 4.57 Å². The first kappa shape index (κ1) is 8.54. The Balaban J connectivity index is 3.29. The van der Waals surface area contributed by atoms with E-state index in [-0.39, 0.29) is 6.04 Å². The summed E-state index contributed by atoms with van der Waals surface area (Å²) in [6.07, 6.45) is 1.70. The van der Waals surface area contributed by atoms with E-state index in [4.69, 9.17) is 10.7 Å². The molecule has 0 aliphatic rings. The van der Waals surface area contributed by atoms with E-state index in [9.17, 15) is 0 Å². The van der Waals surface area contributed by atoms with Crippen molar-refractivity contribution >= 4 is 0 Å². The molecule has 0 spiro atoms. The van der Waals surface area contributed by atoms with Crippen molar-refractivity contribution in [2.45, 2.75) is 19.9 Å². The molecule has 0 atom stereocenters. The molecule has 0 saturated heterocycles. The van der Waals surface area contributed by atoms with Crippen LogP contribution in [0.25, 0.3) is 0 Å². The molecule has 12 heavy (non-hydrogen) atoms. The molecule has 1 N–H and O–H groups in total. The minimum atomic E-state index is 0.228. The molecule has 1 rings (SSSR count). The SMILES string of the molecule is CC(C)n1cc(C#N)ccc1=N. The van der Waals surface area contributed by atoms with Gasteiger partial charge >= 0.3 is 0 Å². The lowest BCUT2D eigenvalue weighted by atomic mass is 10.3. The van der Waals surface area contributed by atoms with Gasteiger partial charge in [0, 0.05) is 12.2 Å². The molecule has 1 heterocycles. The van der Waals surface area contributed by atoms with Gasteiger partial charge in [-0.1, -0.05) is 0 Å². The fraction of sp³-hybridized carbons (Fsp3) is 0.333. The van der Waals surface area contributed by atoms with Crippen LogP contribution >= 0.6 is 0 Å². The van der Waals surface area contributed by atoms with Crippen LogP contribution in [0.15, 0.2) is 18.3 Å². The van der Waals surface area contributed by atoms with Gasteiger partial charge in [0.2, 0.25) is 0 Å². The number of aromatic nitrogens is 1. The average molecular weight is 161 g/mol. The molecule has 0 radical (unpaired) electrons. The summed E-state index contributed by atoms with van der Waals surface area (Å²) in [6.45, 7) is 3.97. The summed E-state index contributed by atoms with van der Waals surface area (Å²) >= 11 is 0. The van der Waals surface area contributed by atoms with E-state index in [1.54, 1.807) is 22.9 Å². The molecule has 0 unspecified atom stereocenters. The van der Waals surface area contributed by atoms with Crippen LogP contribution in [0.3, 0.4) is 0 Å². The first-order valence-electron chi connectivity index (χ1n) is 3.82. The maximum Gasteiger partial charge on any atom is 0.124 e. The maximum atomic E-state index is 8.61. The Labute approximate surface area is 71.4 Å². The fourth-order valence-corrected chi connectivity index (χ4v) is 1.01. The van der Waals surface area contributed by atoms with Crippen LogP contribution in [0.2, 0.25) is 0 Å². The summed E-state index contributed by atoms with van der Waals surface area (Å²) in [4.78, 5) is 0. The van der Waals surface area contributed by atoms with E-state index in [1.807, 2.05) is 19.9 Å². The lowest BCUT2D eigenvalue weighted by molar-refractivity contribution is 0.564. The zero-order chi connectivity index (χ0) is 9.14. The molecular weight excluding hydrogens is 150 g/mol. The molecule has 3 nitrogen and oxygen atoms in total. The maximum absolute atomic E-state index is 8.61. The molecule has 0 saturated carbocycles.